The molecule has 0 bridgehead atoms. The van der Waals surface area contributed by atoms with Crippen molar-refractivity contribution < 1.29 is 14.8 Å². The van der Waals surface area contributed by atoms with Crippen LogP contribution in [-0.2, 0) is 11.8 Å². The first-order valence-electron chi connectivity index (χ1n) is 3.98. The Morgan fingerprint density at radius 3 is 2.57 bits per heavy atom. The number of nitro groups is 1. The third-order valence-electron chi connectivity index (χ3n) is 2.14. The number of carbonyl (C=O) groups is 1. The molecule has 0 aliphatic carbocycles. The maximum absolute atomic E-state index is 10.6. The van der Waals surface area contributed by atoms with Gasteiger partial charge >= 0.3 is 11.8 Å². The normalized spacial score (nSPS) is 12.4. The van der Waals surface area contributed by atoms with E-state index >= 15 is 0 Å². The molecule has 6 nitrogen and oxygen atoms in total. The summed E-state index contributed by atoms with van der Waals surface area (Å²) in [5.74, 6) is -1.84. The van der Waals surface area contributed by atoms with E-state index in [1.165, 1.54) is 30.7 Å². The van der Waals surface area contributed by atoms with E-state index in [1.807, 2.05) is 0 Å². The van der Waals surface area contributed by atoms with Crippen LogP contribution in [0.1, 0.15) is 18.5 Å². The lowest BCUT2D eigenvalue weighted by Gasteiger charge is -2.03. The van der Waals surface area contributed by atoms with Gasteiger partial charge in [-0.15, -0.1) is 0 Å². The summed E-state index contributed by atoms with van der Waals surface area (Å²) in [4.78, 5) is 20.6. The Morgan fingerprint density at radius 2 is 2.21 bits per heavy atom. The van der Waals surface area contributed by atoms with E-state index < -0.39 is 16.8 Å². The SMILES string of the molecule is CC(C(=O)O)c1ccc([N+](=O)[O-])n1C. The second kappa shape index (κ2) is 3.49. The molecule has 6 heteroatoms. The van der Waals surface area contributed by atoms with Crippen molar-refractivity contribution in [3.05, 3.63) is 27.9 Å². The fourth-order valence-corrected chi connectivity index (χ4v) is 1.26. The average Bonchev–Trinajstić information content (AvgIpc) is 2.45. The van der Waals surface area contributed by atoms with Crippen molar-refractivity contribution in [2.24, 2.45) is 7.05 Å². The highest BCUT2D eigenvalue weighted by Gasteiger charge is 2.23. The molecule has 1 heterocycles. The van der Waals surface area contributed by atoms with Crippen molar-refractivity contribution in [3.8, 4) is 0 Å². The van der Waals surface area contributed by atoms with Gasteiger partial charge in [0.15, 0.2) is 0 Å². The van der Waals surface area contributed by atoms with Crippen LogP contribution in [-0.4, -0.2) is 20.6 Å². The second-order valence-electron chi connectivity index (χ2n) is 2.99. The monoisotopic (exact) mass is 198 g/mol. The molecule has 0 aromatic carbocycles. The number of hydrogen-bond acceptors (Lipinski definition) is 3. The van der Waals surface area contributed by atoms with E-state index in [4.69, 9.17) is 5.11 Å². The third kappa shape index (κ3) is 1.59. The number of carboxylic acids is 1. The van der Waals surface area contributed by atoms with E-state index in [0.29, 0.717) is 5.69 Å². The number of nitrogens with zero attached hydrogens (tertiary/aromatic N) is 2. The first kappa shape index (κ1) is 10.2. The Morgan fingerprint density at radius 1 is 1.64 bits per heavy atom. The Hall–Kier alpha value is -1.85. The third-order valence-corrected chi connectivity index (χ3v) is 2.14. The van der Waals surface area contributed by atoms with Crippen LogP contribution in [0.15, 0.2) is 12.1 Å². The van der Waals surface area contributed by atoms with Gasteiger partial charge in [0.2, 0.25) is 0 Å². The maximum Gasteiger partial charge on any atom is 0.323 e. The number of hydrogen-bond donors (Lipinski definition) is 1. The van der Waals surface area contributed by atoms with Crippen molar-refractivity contribution in [2.45, 2.75) is 12.8 Å². The minimum atomic E-state index is -0.999. The Balaban J connectivity index is 3.13. The van der Waals surface area contributed by atoms with Gasteiger partial charge in [0.1, 0.15) is 11.6 Å². The average molecular weight is 198 g/mol. The van der Waals surface area contributed by atoms with E-state index in [2.05, 4.69) is 0 Å². The van der Waals surface area contributed by atoms with Gasteiger partial charge in [-0.05, 0) is 17.9 Å². The Labute approximate surface area is 79.9 Å². The van der Waals surface area contributed by atoms with Crippen molar-refractivity contribution in [3.63, 3.8) is 0 Å². The van der Waals surface area contributed by atoms with Crippen LogP contribution in [0.2, 0.25) is 0 Å². The summed E-state index contributed by atoms with van der Waals surface area (Å²) < 4.78 is 1.28. The maximum atomic E-state index is 10.6. The van der Waals surface area contributed by atoms with Gasteiger partial charge in [-0.1, -0.05) is 0 Å². The zero-order valence-corrected chi connectivity index (χ0v) is 7.80. The molecule has 1 aromatic heterocycles. The highest BCUT2D eigenvalue weighted by Crippen LogP contribution is 2.22. The Bertz CT molecular complexity index is 383. The summed E-state index contributed by atoms with van der Waals surface area (Å²) >= 11 is 0. The van der Waals surface area contributed by atoms with E-state index in [1.54, 1.807) is 0 Å². The summed E-state index contributed by atoms with van der Waals surface area (Å²) in [5.41, 5.74) is 0.421. The van der Waals surface area contributed by atoms with Gasteiger partial charge in [-0.2, -0.15) is 0 Å². The molecule has 1 N–H and O–H groups in total. The molecule has 1 atom stereocenters. The van der Waals surface area contributed by atoms with Gasteiger partial charge in [-0.25, -0.2) is 4.57 Å². The van der Waals surface area contributed by atoms with Crippen LogP contribution >= 0.6 is 0 Å². The van der Waals surface area contributed by atoms with Crippen LogP contribution < -0.4 is 0 Å². The van der Waals surface area contributed by atoms with E-state index in [9.17, 15) is 14.9 Å². The van der Waals surface area contributed by atoms with E-state index in [-0.39, 0.29) is 5.82 Å². The van der Waals surface area contributed by atoms with Crippen LogP contribution in [0.25, 0.3) is 0 Å². The van der Waals surface area contributed by atoms with Crippen LogP contribution in [0.3, 0.4) is 0 Å². The predicted molar refractivity (Wildman–Crippen MR) is 48.1 cm³/mol. The molecule has 0 spiro atoms. The molecule has 0 aliphatic rings. The molecule has 1 aromatic rings. The number of carboxylic acid groups (broad SMARTS) is 1. The summed E-state index contributed by atoms with van der Waals surface area (Å²) in [6.45, 7) is 1.49. The molecule has 14 heavy (non-hydrogen) atoms. The summed E-state index contributed by atoms with van der Waals surface area (Å²) in [7, 11) is 1.48. The lowest BCUT2D eigenvalue weighted by atomic mass is 10.1. The molecule has 0 radical (unpaired) electrons. The largest absolute Gasteiger partial charge is 0.481 e. The predicted octanol–water partition coefficient (Wildman–Crippen LogP) is 1.12. The zero-order chi connectivity index (χ0) is 10.9. The number of aliphatic carboxylic acids is 1. The lowest BCUT2D eigenvalue weighted by Crippen LogP contribution is -2.12. The summed E-state index contributed by atoms with van der Waals surface area (Å²) in [6, 6.07) is 2.76. The van der Waals surface area contributed by atoms with Crippen molar-refractivity contribution >= 4 is 11.8 Å². The standard InChI is InChI=1S/C8H10N2O4/c1-5(8(11)12)6-3-4-7(9(6)2)10(13)14/h3-5H,1-2H3,(H,11,12). The topological polar surface area (TPSA) is 85.4 Å². The minimum absolute atomic E-state index is 0.104. The minimum Gasteiger partial charge on any atom is -0.481 e. The molecular weight excluding hydrogens is 188 g/mol. The molecule has 0 saturated heterocycles. The highest BCUT2D eigenvalue weighted by molar-refractivity contribution is 5.75. The fourth-order valence-electron chi connectivity index (χ4n) is 1.26. The molecular formula is C8H10N2O4. The Kier molecular flexibility index (Phi) is 2.55. The van der Waals surface area contributed by atoms with Gasteiger partial charge in [0, 0.05) is 6.07 Å². The molecule has 1 unspecified atom stereocenters. The van der Waals surface area contributed by atoms with Crippen molar-refractivity contribution in [1.29, 1.82) is 0 Å². The van der Waals surface area contributed by atoms with Crippen LogP contribution in [0.4, 0.5) is 5.82 Å². The lowest BCUT2D eigenvalue weighted by molar-refractivity contribution is -0.391. The van der Waals surface area contributed by atoms with Gasteiger partial charge in [0.25, 0.3) is 0 Å². The van der Waals surface area contributed by atoms with Crippen LogP contribution in [0, 0.1) is 10.1 Å². The number of aromatic nitrogens is 1. The first-order chi connectivity index (χ1) is 6.45. The molecule has 0 saturated carbocycles. The van der Waals surface area contributed by atoms with Crippen molar-refractivity contribution in [2.75, 3.05) is 0 Å². The summed E-state index contributed by atoms with van der Waals surface area (Å²) in [6.07, 6.45) is 0. The van der Waals surface area contributed by atoms with Crippen molar-refractivity contribution in [1.82, 2.24) is 4.57 Å². The first-order valence-corrected chi connectivity index (χ1v) is 3.98. The van der Waals surface area contributed by atoms with Gasteiger partial charge < -0.3 is 15.2 Å². The molecule has 0 fully saturated rings. The molecule has 76 valence electrons. The second-order valence-corrected chi connectivity index (χ2v) is 2.99. The molecule has 1 rings (SSSR count). The fraction of sp³-hybridized carbons (Fsp3) is 0.375. The van der Waals surface area contributed by atoms with Gasteiger partial charge in [0.05, 0.1) is 7.05 Å². The van der Waals surface area contributed by atoms with Crippen LogP contribution in [0.5, 0.6) is 0 Å². The number of rotatable bonds is 3. The summed E-state index contributed by atoms with van der Waals surface area (Å²) in [5, 5.41) is 19.2. The highest BCUT2D eigenvalue weighted by atomic mass is 16.6. The molecule has 0 aliphatic heterocycles. The molecule has 0 amide bonds. The quantitative estimate of drug-likeness (QED) is 0.582. The smallest absolute Gasteiger partial charge is 0.323 e. The van der Waals surface area contributed by atoms with E-state index in [0.717, 1.165) is 0 Å². The zero-order valence-electron chi connectivity index (χ0n) is 7.80. The van der Waals surface area contributed by atoms with Gasteiger partial charge in [-0.3, -0.25) is 4.79 Å².